The van der Waals surface area contributed by atoms with Crippen LogP contribution in [0, 0.1) is 0 Å². The molecule has 1 aromatic heterocycles. The second-order valence-electron chi connectivity index (χ2n) is 8.71. The number of nitrogens with one attached hydrogen (secondary N) is 3. The van der Waals surface area contributed by atoms with Gasteiger partial charge in [-0.1, -0.05) is 42.5 Å². The number of carbonyl (C=O) groups excluding carboxylic acids is 2. The summed E-state index contributed by atoms with van der Waals surface area (Å²) in [5.74, 6) is -0.129. The van der Waals surface area contributed by atoms with Gasteiger partial charge in [-0.05, 0) is 60.4 Å². The second kappa shape index (κ2) is 9.43. The van der Waals surface area contributed by atoms with Gasteiger partial charge in [0.15, 0.2) is 0 Å². The fraction of sp³-hybridized carbons (Fsp3) is 0.214. The summed E-state index contributed by atoms with van der Waals surface area (Å²) in [5, 5.41) is 7.18. The SMILES string of the molecule is CNc1ccc(-c2cc3cc(NC(=O)[C@@H]4CCCN4C(=O)Cc4ccccc4)ccc3[nH]2)cc1. The van der Waals surface area contributed by atoms with Crippen LogP contribution in [0.4, 0.5) is 11.4 Å². The van der Waals surface area contributed by atoms with E-state index in [1.54, 1.807) is 4.90 Å². The molecule has 1 aliphatic heterocycles. The number of rotatable bonds is 6. The number of benzene rings is 3. The lowest BCUT2D eigenvalue weighted by Gasteiger charge is -2.24. The summed E-state index contributed by atoms with van der Waals surface area (Å²) in [6.07, 6.45) is 1.84. The van der Waals surface area contributed by atoms with Crippen LogP contribution in [0.1, 0.15) is 18.4 Å². The Bertz CT molecular complexity index is 1310. The average molecular weight is 453 g/mol. The largest absolute Gasteiger partial charge is 0.388 e. The number of carbonyl (C=O) groups is 2. The van der Waals surface area contributed by atoms with Crippen molar-refractivity contribution in [3.63, 3.8) is 0 Å². The predicted octanol–water partition coefficient (Wildman–Crippen LogP) is 5.05. The highest BCUT2D eigenvalue weighted by molar-refractivity contribution is 5.99. The fourth-order valence-corrected chi connectivity index (χ4v) is 4.62. The third-order valence-electron chi connectivity index (χ3n) is 6.45. The molecule has 2 amide bonds. The molecular formula is C28H28N4O2. The van der Waals surface area contributed by atoms with Crippen molar-refractivity contribution in [1.29, 1.82) is 0 Å². The summed E-state index contributed by atoms with van der Waals surface area (Å²) < 4.78 is 0. The van der Waals surface area contributed by atoms with Crippen molar-refractivity contribution < 1.29 is 9.59 Å². The lowest BCUT2D eigenvalue weighted by Crippen LogP contribution is -2.43. The summed E-state index contributed by atoms with van der Waals surface area (Å²) in [4.78, 5) is 31.1. The zero-order valence-corrected chi connectivity index (χ0v) is 19.2. The second-order valence-corrected chi connectivity index (χ2v) is 8.71. The van der Waals surface area contributed by atoms with Crippen LogP contribution in [0.3, 0.4) is 0 Å². The van der Waals surface area contributed by atoms with Crippen molar-refractivity contribution in [1.82, 2.24) is 9.88 Å². The Morgan fingerprint density at radius 2 is 1.74 bits per heavy atom. The van der Waals surface area contributed by atoms with Crippen molar-refractivity contribution in [2.75, 3.05) is 24.2 Å². The number of anilines is 2. The maximum atomic E-state index is 13.1. The zero-order chi connectivity index (χ0) is 23.5. The van der Waals surface area contributed by atoms with Crippen LogP contribution >= 0.6 is 0 Å². The van der Waals surface area contributed by atoms with Gasteiger partial charge in [0.2, 0.25) is 11.8 Å². The van der Waals surface area contributed by atoms with E-state index in [1.807, 2.05) is 67.7 Å². The highest BCUT2D eigenvalue weighted by Crippen LogP contribution is 2.28. The third-order valence-corrected chi connectivity index (χ3v) is 6.45. The van der Waals surface area contributed by atoms with Gasteiger partial charge >= 0.3 is 0 Å². The minimum atomic E-state index is -0.431. The average Bonchev–Trinajstić information content (AvgIpc) is 3.52. The van der Waals surface area contributed by atoms with Crippen LogP contribution in [-0.2, 0) is 16.0 Å². The Hall–Kier alpha value is -4.06. The van der Waals surface area contributed by atoms with E-state index >= 15 is 0 Å². The molecule has 0 bridgehead atoms. The Kier molecular flexibility index (Phi) is 6.04. The van der Waals surface area contributed by atoms with E-state index in [0.717, 1.165) is 45.5 Å². The lowest BCUT2D eigenvalue weighted by molar-refractivity contribution is -0.136. The van der Waals surface area contributed by atoms with Crippen molar-refractivity contribution in [2.45, 2.75) is 25.3 Å². The first-order chi connectivity index (χ1) is 16.6. The number of aromatic amines is 1. The van der Waals surface area contributed by atoms with Crippen molar-refractivity contribution >= 4 is 34.1 Å². The molecule has 1 fully saturated rings. The Labute approximate surface area is 199 Å². The first-order valence-corrected chi connectivity index (χ1v) is 11.7. The molecule has 1 aliphatic rings. The molecule has 3 aromatic carbocycles. The van der Waals surface area contributed by atoms with Crippen LogP contribution < -0.4 is 10.6 Å². The maximum absolute atomic E-state index is 13.1. The molecule has 0 unspecified atom stereocenters. The van der Waals surface area contributed by atoms with Crippen molar-refractivity contribution in [3.05, 3.63) is 84.4 Å². The van der Waals surface area contributed by atoms with Gasteiger partial charge < -0.3 is 20.5 Å². The predicted molar refractivity (Wildman–Crippen MR) is 137 cm³/mol. The lowest BCUT2D eigenvalue weighted by atomic mass is 10.1. The zero-order valence-electron chi connectivity index (χ0n) is 19.2. The molecule has 6 heteroatoms. The molecule has 2 heterocycles. The molecule has 0 aliphatic carbocycles. The number of hydrogen-bond donors (Lipinski definition) is 3. The highest BCUT2D eigenvalue weighted by atomic mass is 16.2. The van der Waals surface area contributed by atoms with Gasteiger partial charge in [-0.25, -0.2) is 0 Å². The molecule has 0 spiro atoms. The van der Waals surface area contributed by atoms with E-state index in [0.29, 0.717) is 19.4 Å². The van der Waals surface area contributed by atoms with Crippen molar-refractivity contribution in [2.24, 2.45) is 0 Å². The van der Waals surface area contributed by atoms with Gasteiger partial charge in [-0.2, -0.15) is 0 Å². The molecule has 0 radical (unpaired) electrons. The molecule has 1 saturated heterocycles. The van der Waals surface area contributed by atoms with E-state index < -0.39 is 6.04 Å². The standard InChI is InChI=1S/C28H28N4O2/c1-29-22-11-9-20(10-12-22)25-18-21-17-23(13-14-24(21)31-25)30-28(34)26-8-5-15-32(26)27(33)16-19-6-3-2-4-7-19/h2-4,6-7,9-14,17-18,26,29,31H,5,8,15-16H2,1H3,(H,30,34)/t26-/m0/s1. The number of hydrogen-bond acceptors (Lipinski definition) is 3. The van der Waals surface area contributed by atoms with Gasteiger partial charge in [0, 0.05) is 41.6 Å². The smallest absolute Gasteiger partial charge is 0.247 e. The Morgan fingerprint density at radius 3 is 2.50 bits per heavy atom. The maximum Gasteiger partial charge on any atom is 0.247 e. The fourth-order valence-electron chi connectivity index (χ4n) is 4.62. The highest BCUT2D eigenvalue weighted by Gasteiger charge is 2.33. The Balaban J connectivity index is 1.29. The molecular weight excluding hydrogens is 424 g/mol. The molecule has 4 aromatic rings. The van der Waals surface area contributed by atoms with E-state index in [9.17, 15) is 9.59 Å². The molecule has 3 N–H and O–H groups in total. The van der Waals surface area contributed by atoms with Gasteiger partial charge in [0.1, 0.15) is 6.04 Å². The monoisotopic (exact) mass is 452 g/mol. The van der Waals surface area contributed by atoms with Crippen LogP contribution in [-0.4, -0.2) is 41.3 Å². The summed E-state index contributed by atoms with van der Waals surface area (Å²) >= 11 is 0. The quantitative estimate of drug-likeness (QED) is 0.383. The molecule has 6 nitrogen and oxygen atoms in total. The summed E-state index contributed by atoms with van der Waals surface area (Å²) in [7, 11) is 1.90. The number of H-pyrrole nitrogens is 1. The van der Waals surface area contributed by atoms with Crippen LogP contribution in [0.5, 0.6) is 0 Å². The number of nitrogens with zero attached hydrogens (tertiary/aromatic N) is 1. The van der Waals surface area contributed by atoms with Gasteiger partial charge in [0.05, 0.1) is 6.42 Å². The van der Waals surface area contributed by atoms with E-state index in [-0.39, 0.29) is 11.8 Å². The first-order valence-electron chi connectivity index (χ1n) is 11.7. The molecule has 5 rings (SSSR count). The van der Waals surface area contributed by atoms with Gasteiger partial charge in [-0.3, -0.25) is 9.59 Å². The number of fused-ring (bicyclic) bond motifs is 1. The topological polar surface area (TPSA) is 77.2 Å². The summed E-state index contributed by atoms with van der Waals surface area (Å²) in [6.45, 7) is 0.621. The van der Waals surface area contributed by atoms with Gasteiger partial charge in [-0.15, -0.1) is 0 Å². The van der Waals surface area contributed by atoms with Gasteiger partial charge in [0.25, 0.3) is 0 Å². The number of amides is 2. The molecule has 0 saturated carbocycles. The molecule has 1 atom stereocenters. The summed E-state index contributed by atoms with van der Waals surface area (Å²) in [6, 6.07) is 25.4. The first kappa shape index (κ1) is 21.8. The normalized spacial score (nSPS) is 15.4. The van der Waals surface area contributed by atoms with E-state index in [4.69, 9.17) is 0 Å². The number of likely N-dealkylation sites (tertiary alicyclic amines) is 1. The van der Waals surface area contributed by atoms with Crippen LogP contribution in [0.15, 0.2) is 78.9 Å². The summed E-state index contributed by atoms with van der Waals surface area (Å²) in [5.41, 5.74) is 5.89. The minimum absolute atomic E-state index is 0.00105. The minimum Gasteiger partial charge on any atom is -0.388 e. The van der Waals surface area contributed by atoms with Crippen molar-refractivity contribution in [3.8, 4) is 11.3 Å². The Morgan fingerprint density at radius 1 is 0.971 bits per heavy atom. The van der Waals surface area contributed by atoms with Crippen LogP contribution in [0.25, 0.3) is 22.2 Å². The molecule has 34 heavy (non-hydrogen) atoms. The van der Waals surface area contributed by atoms with Crippen LogP contribution in [0.2, 0.25) is 0 Å². The third kappa shape index (κ3) is 4.53. The molecule has 172 valence electrons. The number of aromatic nitrogens is 1. The van der Waals surface area contributed by atoms with E-state index in [2.05, 4.69) is 33.8 Å². The van der Waals surface area contributed by atoms with E-state index in [1.165, 1.54) is 0 Å².